The van der Waals surface area contributed by atoms with Crippen LogP contribution in [0.1, 0.15) is 25.3 Å². The van der Waals surface area contributed by atoms with Crippen LogP contribution < -0.4 is 21.9 Å². The van der Waals surface area contributed by atoms with Crippen molar-refractivity contribution in [3.8, 4) is 23.0 Å². The zero-order chi connectivity index (χ0) is 20.0. The molecule has 0 saturated heterocycles. The Hall–Kier alpha value is -3.81. The fraction of sp³-hybridized carbons (Fsp3) is 0.190. The van der Waals surface area contributed by atoms with Gasteiger partial charge in [-0.1, -0.05) is 0 Å². The van der Waals surface area contributed by atoms with Crippen LogP contribution in [0.2, 0.25) is 0 Å². The highest BCUT2D eigenvalue weighted by Crippen LogP contribution is 2.44. The van der Waals surface area contributed by atoms with Crippen LogP contribution in [0.3, 0.4) is 0 Å². The number of anilines is 3. The second-order valence-electron chi connectivity index (χ2n) is 7.22. The zero-order valence-electron chi connectivity index (χ0n) is 15.7. The molecule has 5 rings (SSSR count). The van der Waals surface area contributed by atoms with Gasteiger partial charge in [-0.25, -0.2) is 9.97 Å². The highest BCUT2D eigenvalue weighted by atomic mass is 16.5. The van der Waals surface area contributed by atoms with Gasteiger partial charge in [0.25, 0.3) is 5.88 Å². The van der Waals surface area contributed by atoms with Crippen molar-refractivity contribution < 1.29 is 4.74 Å². The molecule has 8 nitrogen and oxygen atoms in total. The van der Waals surface area contributed by atoms with Crippen molar-refractivity contribution >= 4 is 28.1 Å². The molecule has 146 valence electrons. The molecule has 4 aromatic rings. The molecule has 6 N–H and O–H groups in total. The summed E-state index contributed by atoms with van der Waals surface area (Å²) in [5, 5.41) is 0.963. The van der Waals surface area contributed by atoms with E-state index in [0.717, 1.165) is 35.1 Å². The van der Waals surface area contributed by atoms with E-state index in [0.29, 0.717) is 23.2 Å². The molecule has 0 bridgehead atoms. The average Bonchev–Trinajstić information content (AvgIpc) is 2.95. The van der Waals surface area contributed by atoms with E-state index in [9.17, 15) is 0 Å². The number of nitrogen functional groups attached to an aromatic ring is 3. The van der Waals surface area contributed by atoms with E-state index in [-0.39, 0.29) is 11.7 Å². The molecule has 0 amide bonds. The summed E-state index contributed by atoms with van der Waals surface area (Å²) in [6.07, 6.45) is 8.14. The maximum absolute atomic E-state index is 6.58. The van der Waals surface area contributed by atoms with Crippen molar-refractivity contribution in [2.24, 2.45) is 0 Å². The molecular formula is C21H21N7O. The van der Waals surface area contributed by atoms with Crippen molar-refractivity contribution in [2.45, 2.75) is 25.3 Å². The molecular weight excluding hydrogens is 366 g/mol. The molecule has 29 heavy (non-hydrogen) atoms. The van der Waals surface area contributed by atoms with Crippen molar-refractivity contribution in [1.82, 2.24) is 19.5 Å². The Morgan fingerprint density at radius 1 is 0.966 bits per heavy atom. The number of fused-ring (bicyclic) bond motifs is 1. The predicted molar refractivity (Wildman–Crippen MR) is 113 cm³/mol. The van der Waals surface area contributed by atoms with Crippen molar-refractivity contribution in [2.75, 3.05) is 17.2 Å². The fourth-order valence-electron chi connectivity index (χ4n) is 3.74. The molecule has 8 heteroatoms. The minimum absolute atomic E-state index is 0.244. The Morgan fingerprint density at radius 2 is 1.79 bits per heavy atom. The first-order chi connectivity index (χ1) is 14.1. The smallest absolute Gasteiger partial charge is 0.262 e. The minimum Gasteiger partial charge on any atom is -0.436 e. The van der Waals surface area contributed by atoms with Crippen LogP contribution in [0.5, 0.6) is 11.6 Å². The third-order valence-corrected chi connectivity index (χ3v) is 5.39. The molecule has 0 spiro atoms. The molecule has 1 fully saturated rings. The van der Waals surface area contributed by atoms with Gasteiger partial charge >= 0.3 is 0 Å². The number of nitrogens with zero attached hydrogens (tertiary/aromatic N) is 4. The predicted octanol–water partition coefficient (Wildman–Crippen LogP) is 3.76. The summed E-state index contributed by atoms with van der Waals surface area (Å²) in [6, 6.07) is 9.92. The van der Waals surface area contributed by atoms with Gasteiger partial charge in [-0.05, 0) is 43.5 Å². The SMILES string of the molecule is Nc1ccc(-c2c(N)c3ccc(Oc4nccnc4N)cc3n2C2CCC2)nc1. The zero-order valence-corrected chi connectivity index (χ0v) is 15.7. The number of aromatic nitrogens is 4. The summed E-state index contributed by atoms with van der Waals surface area (Å²) in [5.41, 5.74) is 22.3. The molecule has 1 aromatic carbocycles. The van der Waals surface area contributed by atoms with Gasteiger partial charge in [-0.3, -0.25) is 4.98 Å². The number of pyridine rings is 1. The third-order valence-electron chi connectivity index (χ3n) is 5.39. The lowest BCUT2D eigenvalue weighted by Gasteiger charge is -2.30. The highest BCUT2D eigenvalue weighted by molar-refractivity contribution is 6.01. The topological polar surface area (TPSA) is 131 Å². The summed E-state index contributed by atoms with van der Waals surface area (Å²) in [4.78, 5) is 12.7. The van der Waals surface area contributed by atoms with Crippen LogP contribution in [-0.2, 0) is 0 Å². The van der Waals surface area contributed by atoms with Gasteiger partial charge in [0.15, 0.2) is 5.82 Å². The summed E-state index contributed by atoms with van der Waals surface area (Å²) in [7, 11) is 0. The lowest BCUT2D eigenvalue weighted by Crippen LogP contribution is -2.18. The second-order valence-corrected chi connectivity index (χ2v) is 7.22. The molecule has 0 radical (unpaired) electrons. The number of hydrogen-bond acceptors (Lipinski definition) is 7. The largest absolute Gasteiger partial charge is 0.436 e. The van der Waals surface area contributed by atoms with Gasteiger partial charge in [-0.2, -0.15) is 0 Å². The Balaban J connectivity index is 1.67. The third kappa shape index (κ3) is 2.89. The lowest BCUT2D eigenvalue weighted by atomic mass is 9.92. The maximum atomic E-state index is 6.58. The van der Waals surface area contributed by atoms with E-state index in [1.54, 1.807) is 12.4 Å². The average molecular weight is 387 g/mol. The molecule has 1 aliphatic rings. The summed E-state index contributed by atoms with van der Waals surface area (Å²) >= 11 is 0. The Labute approximate surface area is 167 Å². The molecule has 1 aliphatic carbocycles. The standard InChI is InChI=1S/C21H21N7O/c22-12-4-7-16(27-11-12)19-18(23)15-6-5-14(29-21-20(24)25-8-9-26-21)10-17(15)28(19)13-2-1-3-13/h4-11,13H,1-3,22-23H2,(H2,24,25). The summed E-state index contributed by atoms with van der Waals surface area (Å²) in [5.74, 6) is 1.15. The van der Waals surface area contributed by atoms with Crippen LogP contribution in [0.4, 0.5) is 17.2 Å². The number of rotatable bonds is 4. The Kier molecular flexibility index (Phi) is 3.97. The Morgan fingerprint density at radius 3 is 2.48 bits per heavy atom. The maximum Gasteiger partial charge on any atom is 0.262 e. The van der Waals surface area contributed by atoms with E-state index in [1.165, 1.54) is 12.6 Å². The van der Waals surface area contributed by atoms with E-state index in [4.69, 9.17) is 21.9 Å². The molecule has 3 aromatic heterocycles. The van der Waals surface area contributed by atoms with Crippen LogP contribution in [0.15, 0.2) is 48.9 Å². The lowest BCUT2D eigenvalue weighted by molar-refractivity contribution is 0.324. The molecule has 0 unspecified atom stereocenters. The number of ether oxygens (including phenoxy) is 1. The van der Waals surface area contributed by atoms with Crippen LogP contribution in [0.25, 0.3) is 22.3 Å². The normalized spacial score (nSPS) is 14.1. The van der Waals surface area contributed by atoms with Crippen molar-refractivity contribution in [1.29, 1.82) is 0 Å². The first-order valence-electron chi connectivity index (χ1n) is 9.51. The van der Waals surface area contributed by atoms with E-state index in [1.807, 2.05) is 30.3 Å². The van der Waals surface area contributed by atoms with Gasteiger partial charge in [0.2, 0.25) is 0 Å². The van der Waals surface area contributed by atoms with Crippen molar-refractivity contribution in [3.05, 3.63) is 48.9 Å². The van der Waals surface area contributed by atoms with Crippen LogP contribution in [0, 0.1) is 0 Å². The van der Waals surface area contributed by atoms with Gasteiger partial charge in [0.1, 0.15) is 5.75 Å². The highest BCUT2D eigenvalue weighted by Gasteiger charge is 2.27. The summed E-state index contributed by atoms with van der Waals surface area (Å²) in [6.45, 7) is 0. The first-order valence-corrected chi connectivity index (χ1v) is 9.51. The number of hydrogen-bond donors (Lipinski definition) is 3. The van der Waals surface area contributed by atoms with Gasteiger partial charge in [0.05, 0.1) is 34.5 Å². The number of benzene rings is 1. The van der Waals surface area contributed by atoms with E-state index in [2.05, 4.69) is 19.5 Å². The minimum atomic E-state index is 0.244. The quantitative estimate of drug-likeness (QED) is 0.486. The van der Waals surface area contributed by atoms with Crippen molar-refractivity contribution in [3.63, 3.8) is 0 Å². The second kappa shape index (κ2) is 6.66. The molecule has 0 atom stereocenters. The fourth-order valence-corrected chi connectivity index (χ4v) is 3.74. The van der Waals surface area contributed by atoms with Crippen LogP contribution >= 0.6 is 0 Å². The molecule has 0 aliphatic heterocycles. The van der Waals surface area contributed by atoms with Gasteiger partial charge < -0.3 is 26.5 Å². The Bertz CT molecular complexity index is 1200. The first kappa shape index (κ1) is 17.3. The summed E-state index contributed by atoms with van der Waals surface area (Å²) < 4.78 is 8.17. The number of nitrogens with two attached hydrogens (primary N) is 3. The van der Waals surface area contributed by atoms with Gasteiger partial charge in [-0.15, -0.1) is 0 Å². The molecule has 1 saturated carbocycles. The van der Waals surface area contributed by atoms with E-state index >= 15 is 0 Å². The van der Waals surface area contributed by atoms with Gasteiger partial charge in [0, 0.05) is 29.9 Å². The monoisotopic (exact) mass is 387 g/mol. The van der Waals surface area contributed by atoms with Crippen LogP contribution in [-0.4, -0.2) is 19.5 Å². The molecule has 3 heterocycles. The van der Waals surface area contributed by atoms with E-state index < -0.39 is 0 Å².